The van der Waals surface area contributed by atoms with Gasteiger partial charge in [-0.1, -0.05) is 26.0 Å². The molecule has 0 aliphatic carbocycles. The minimum Gasteiger partial charge on any atom is -0.494 e. The lowest BCUT2D eigenvalue weighted by Gasteiger charge is -2.17. The highest BCUT2D eigenvalue weighted by Gasteiger charge is 2.17. The van der Waals surface area contributed by atoms with E-state index in [9.17, 15) is 0 Å². The van der Waals surface area contributed by atoms with Crippen LogP contribution in [0.25, 0.3) is 0 Å². The van der Waals surface area contributed by atoms with Gasteiger partial charge in [-0.15, -0.1) is 0 Å². The zero-order chi connectivity index (χ0) is 15.1. The summed E-state index contributed by atoms with van der Waals surface area (Å²) in [7, 11) is 0. The molecule has 0 spiro atoms. The van der Waals surface area contributed by atoms with E-state index in [1.165, 1.54) is 5.56 Å². The summed E-state index contributed by atoms with van der Waals surface area (Å²) in [5, 5.41) is 3.56. The Bertz CT molecular complexity index is 530. The Balaban J connectivity index is 2.21. The molecule has 1 atom stereocenters. The molecule has 0 aliphatic heterocycles. The molecule has 0 saturated carbocycles. The molecule has 1 aromatic carbocycles. The first-order valence-electron chi connectivity index (χ1n) is 7.83. The van der Waals surface area contributed by atoms with Crippen LogP contribution in [0.4, 0.5) is 0 Å². The first-order chi connectivity index (χ1) is 10.3. The molecular formula is C18H25NO2. The van der Waals surface area contributed by atoms with Crippen LogP contribution in [0.5, 0.6) is 5.75 Å². The van der Waals surface area contributed by atoms with Crippen molar-refractivity contribution in [3.8, 4) is 5.75 Å². The zero-order valence-electron chi connectivity index (χ0n) is 13.2. The normalized spacial score (nSPS) is 12.3. The number of rotatable bonds is 8. The van der Waals surface area contributed by atoms with Crippen LogP contribution in [0.1, 0.15) is 50.3 Å². The minimum absolute atomic E-state index is 0.0981. The van der Waals surface area contributed by atoms with E-state index in [1.807, 2.05) is 19.1 Å². The van der Waals surface area contributed by atoms with Crippen molar-refractivity contribution < 1.29 is 9.15 Å². The van der Waals surface area contributed by atoms with Gasteiger partial charge in [0.05, 0.1) is 12.6 Å². The van der Waals surface area contributed by atoms with Crippen molar-refractivity contribution in [2.75, 3.05) is 13.2 Å². The van der Waals surface area contributed by atoms with Crippen LogP contribution < -0.4 is 10.1 Å². The first kappa shape index (κ1) is 15.6. The van der Waals surface area contributed by atoms with Gasteiger partial charge in [0.2, 0.25) is 0 Å². The molecule has 0 amide bonds. The first-order valence-corrected chi connectivity index (χ1v) is 7.83. The molecule has 3 heteroatoms. The standard InChI is InChI=1S/C18H25NO2/c1-4-13-19-18(17-12-11-15(5-2)21-17)14-7-9-16(10-8-14)20-6-3/h7-12,18-19H,4-6,13H2,1-3H3. The highest BCUT2D eigenvalue weighted by Crippen LogP contribution is 2.26. The molecule has 0 saturated heterocycles. The molecule has 3 nitrogen and oxygen atoms in total. The number of benzene rings is 1. The predicted octanol–water partition coefficient (Wildman–Crippen LogP) is 4.33. The van der Waals surface area contributed by atoms with Gasteiger partial charge in [-0.3, -0.25) is 0 Å². The molecule has 0 radical (unpaired) electrons. The molecule has 1 unspecified atom stereocenters. The summed E-state index contributed by atoms with van der Waals surface area (Å²) in [4.78, 5) is 0. The van der Waals surface area contributed by atoms with Gasteiger partial charge in [0, 0.05) is 6.42 Å². The van der Waals surface area contributed by atoms with E-state index in [0.29, 0.717) is 6.61 Å². The van der Waals surface area contributed by atoms with Gasteiger partial charge in [-0.25, -0.2) is 0 Å². The summed E-state index contributed by atoms with van der Waals surface area (Å²) < 4.78 is 11.4. The quantitative estimate of drug-likeness (QED) is 0.784. The average Bonchev–Trinajstić information content (AvgIpc) is 2.98. The molecular weight excluding hydrogens is 262 g/mol. The fourth-order valence-electron chi connectivity index (χ4n) is 2.33. The van der Waals surface area contributed by atoms with Crippen molar-refractivity contribution in [1.29, 1.82) is 0 Å². The Morgan fingerprint density at radius 1 is 1.05 bits per heavy atom. The lowest BCUT2D eigenvalue weighted by Crippen LogP contribution is -2.22. The highest BCUT2D eigenvalue weighted by molar-refractivity contribution is 5.33. The maximum Gasteiger partial charge on any atom is 0.125 e. The summed E-state index contributed by atoms with van der Waals surface area (Å²) in [6, 6.07) is 12.5. The van der Waals surface area contributed by atoms with Crippen molar-refractivity contribution in [2.45, 2.75) is 39.7 Å². The topological polar surface area (TPSA) is 34.4 Å². The molecule has 1 aromatic heterocycles. The second-order valence-corrected chi connectivity index (χ2v) is 5.05. The lowest BCUT2D eigenvalue weighted by atomic mass is 10.0. The molecule has 1 heterocycles. The zero-order valence-corrected chi connectivity index (χ0v) is 13.2. The second-order valence-electron chi connectivity index (χ2n) is 5.05. The van der Waals surface area contributed by atoms with Crippen molar-refractivity contribution in [3.05, 3.63) is 53.5 Å². The lowest BCUT2D eigenvalue weighted by molar-refractivity contribution is 0.340. The smallest absolute Gasteiger partial charge is 0.125 e. The molecule has 0 bridgehead atoms. The maximum atomic E-state index is 5.93. The molecule has 0 fully saturated rings. The van der Waals surface area contributed by atoms with Crippen molar-refractivity contribution in [1.82, 2.24) is 5.32 Å². The molecule has 1 N–H and O–H groups in total. The predicted molar refractivity (Wildman–Crippen MR) is 85.8 cm³/mol. The van der Waals surface area contributed by atoms with Crippen LogP contribution >= 0.6 is 0 Å². The Labute approximate surface area is 127 Å². The minimum atomic E-state index is 0.0981. The Kier molecular flexibility index (Phi) is 5.88. The van der Waals surface area contributed by atoms with Gasteiger partial charge >= 0.3 is 0 Å². The Morgan fingerprint density at radius 2 is 1.81 bits per heavy atom. The van der Waals surface area contributed by atoms with Gasteiger partial charge in [-0.05, 0) is 49.7 Å². The summed E-state index contributed by atoms with van der Waals surface area (Å²) in [5.74, 6) is 2.91. The van der Waals surface area contributed by atoms with E-state index in [2.05, 4.69) is 43.4 Å². The largest absolute Gasteiger partial charge is 0.494 e. The van der Waals surface area contributed by atoms with Crippen LogP contribution in [-0.4, -0.2) is 13.2 Å². The van der Waals surface area contributed by atoms with Crippen LogP contribution in [-0.2, 0) is 6.42 Å². The van der Waals surface area contributed by atoms with Gasteiger partial charge in [0.15, 0.2) is 0 Å². The van der Waals surface area contributed by atoms with Crippen LogP contribution in [0.2, 0.25) is 0 Å². The number of ether oxygens (including phenoxy) is 1. The number of nitrogens with one attached hydrogen (secondary N) is 1. The molecule has 114 valence electrons. The van der Waals surface area contributed by atoms with E-state index in [-0.39, 0.29) is 6.04 Å². The summed E-state index contributed by atoms with van der Waals surface area (Å²) >= 11 is 0. The van der Waals surface area contributed by atoms with Gasteiger partial charge in [-0.2, -0.15) is 0 Å². The van der Waals surface area contributed by atoms with E-state index in [1.54, 1.807) is 0 Å². The van der Waals surface area contributed by atoms with Crippen LogP contribution in [0.3, 0.4) is 0 Å². The highest BCUT2D eigenvalue weighted by atomic mass is 16.5. The van der Waals surface area contributed by atoms with E-state index < -0.39 is 0 Å². The van der Waals surface area contributed by atoms with E-state index in [0.717, 1.165) is 36.7 Å². The summed E-state index contributed by atoms with van der Waals surface area (Å²) in [6.07, 6.45) is 2.01. The fourth-order valence-corrected chi connectivity index (χ4v) is 2.33. The van der Waals surface area contributed by atoms with Crippen LogP contribution in [0.15, 0.2) is 40.8 Å². The average molecular weight is 287 g/mol. The number of furan rings is 1. The SMILES string of the molecule is CCCNC(c1ccc(OCC)cc1)c1ccc(CC)o1. The number of aryl methyl sites for hydroxylation is 1. The molecule has 2 rings (SSSR count). The van der Waals surface area contributed by atoms with Gasteiger partial charge in [0.25, 0.3) is 0 Å². The second kappa shape index (κ2) is 7.89. The third kappa shape index (κ3) is 4.11. The summed E-state index contributed by atoms with van der Waals surface area (Å²) in [6.45, 7) is 7.92. The molecule has 0 aliphatic rings. The van der Waals surface area contributed by atoms with Crippen molar-refractivity contribution in [2.24, 2.45) is 0 Å². The molecule has 21 heavy (non-hydrogen) atoms. The van der Waals surface area contributed by atoms with Crippen LogP contribution in [0, 0.1) is 0 Å². The van der Waals surface area contributed by atoms with Crippen molar-refractivity contribution >= 4 is 0 Å². The van der Waals surface area contributed by atoms with E-state index in [4.69, 9.17) is 9.15 Å². The number of hydrogen-bond donors (Lipinski definition) is 1. The third-order valence-electron chi connectivity index (χ3n) is 3.44. The maximum absolute atomic E-state index is 5.93. The monoisotopic (exact) mass is 287 g/mol. The third-order valence-corrected chi connectivity index (χ3v) is 3.44. The van der Waals surface area contributed by atoms with Gasteiger partial charge < -0.3 is 14.5 Å². The summed E-state index contributed by atoms with van der Waals surface area (Å²) in [5.41, 5.74) is 1.20. The molecule has 2 aromatic rings. The number of hydrogen-bond acceptors (Lipinski definition) is 3. The van der Waals surface area contributed by atoms with E-state index >= 15 is 0 Å². The van der Waals surface area contributed by atoms with Gasteiger partial charge in [0.1, 0.15) is 17.3 Å². The Hall–Kier alpha value is -1.74. The fraction of sp³-hybridized carbons (Fsp3) is 0.444. The Morgan fingerprint density at radius 3 is 2.38 bits per heavy atom. The van der Waals surface area contributed by atoms with Crippen molar-refractivity contribution in [3.63, 3.8) is 0 Å².